The monoisotopic (exact) mass is 544 g/mol. The molecule has 1 aliphatic heterocycles. The van der Waals surface area contributed by atoms with Crippen LogP contribution in [0.2, 0.25) is 0 Å². The quantitative estimate of drug-likeness (QED) is 0.293. The highest BCUT2D eigenvalue weighted by molar-refractivity contribution is 5.91. The minimum atomic E-state index is -0.292. The van der Waals surface area contributed by atoms with Gasteiger partial charge in [-0.05, 0) is 61.7 Å². The molecule has 2 aromatic heterocycles. The highest BCUT2D eigenvalue weighted by Gasteiger charge is 2.26. The molecule has 1 amide bonds. The van der Waals surface area contributed by atoms with E-state index in [0.29, 0.717) is 26.1 Å². The third-order valence-corrected chi connectivity index (χ3v) is 7.60. The maximum atomic E-state index is 13.7. The number of hydrogen-bond donors (Lipinski definition) is 0. The molecule has 1 aliphatic rings. The van der Waals surface area contributed by atoms with E-state index in [1.54, 1.807) is 23.9 Å². The van der Waals surface area contributed by atoms with E-state index in [4.69, 9.17) is 19.8 Å². The third kappa shape index (κ3) is 5.78. The van der Waals surface area contributed by atoms with E-state index in [2.05, 4.69) is 18.7 Å². The zero-order valence-corrected chi connectivity index (χ0v) is 23.7. The standard InChI is InChI=1S/C31H37FN6O2/c1-5-7-21(2)29-33-30(28-22(3)35-38(31(28)34-29)25-12-10-24(32)11-13-25)37-17-6-16-36(18-19-37)27(39)20-23-8-14-26(40-4)15-9-23/h8-15,21H,5-7,16-20H2,1-4H3. The molecule has 0 saturated carbocycles. The molecule has 0 spiro atoms. The van der Waals surface area contributed by atoms with Crippen LogP contribution in [0.3, 0.4) is 0 Å². The van der Waals surface area contributed by atoms with Crippen LogP contribution in [0.15, 0.2) is 48.5 Å². The lowest BCUT2D eigenvalue weighted by Gasteiger charge is -2.24. The number of rotatable bonds is 8. The predicted molar refractivity (Wildman–Crippen MR) is 155 cm³/mol. The number of nitrogens with zero attached hydrogens (tertiary/aromatic N) is 6. The molecule has 9 heteroatoms. The van der Waals surface area contributed by atoms with Crippen molar-refractivity contribution in [2.75, 3.05) is 38.2 Å². The summed E-state index contributed by atoms with van der Waals surface area (Å²) in [6, 6.07) is 14.0. The van der Waals surface area contributed by atoms with Gasteiger partial charge in [0.15, 0.2) is 5.65 Å². The van der Waals surface area contributed by atoms with Crippen LogP contribution in [0.25, 0.3) is 16.7 Å². The van der Waals surface area contributed by atoms with E-state index < -0.39 is 0 Å². The first-order valence-corrected chi connectivity index (χ1v) is 14.1. The van der Waals surface area contributed by atoms with Crippen molar-refractivity contribution in [3.63, 3.8) is 0 Å². The van der Waals surface area contributed by atoms with Crippen LogP contribution in [0.5, 0.6) is 5.75 Å². The number of hydrogen-bond acceptors (Lipinski definition) is 6. The van der Waals surface area contributed by atoms with Crippen molar-refractivity contribution in [1.29, 1.82) is 0 Å². The molecule has 40 heavy (non-hydrogen) atoms. The van der Waals surface area contributed by atoms with Crippen LogP contribution < -0.4 is 9.64 Å². The van der Waals surface area contributed by atoms with Gasteiger partial charge in [0, 0.05) is 32.1 Å². The van der Waals surface area contributed by atoms with E-state index in [0.717, 1.165) is 71.2 Å². The number of ether oxygens (including phenoxy) is 1. The molecule has 2 aromatic carbocycles. The lowest BCUT2D eigenvalue weighted by Crippen LogP contribution is -2.36. The van der Waals surface area contributed by atoms with Crippen molar-refractivity contribution in [2.24, 2.45) is 0 Å². The zero-order chi connectivity index (χ0) is 28.2. The SMILES string of the molecule is CCCC(C)c1nc(N2CCCN(C(=O)Cc3ccc(OC)cc3)CC2)c2c(C)nn(-c3ccc(F)cc3)c2n1. The molecular formula is C31H37FN6O2. The Kier molecular flexibility index (Phi) is 8.28. The number of carbonyl (C=O) groups is 1. The first-order valence-electron chi connectivity index (χ1n) is 14.1. The number of halogens is 1. The Bertz CT molecular complexity index is 1470. The molecule has 210 valence electrons. The van der Waals surface area contributed by atoms with Gasteiger partial charge in [-0.3, -0.25) is 4.79 Å². The average molecular weight is 545 g/mol. The third-order valence-electron chi connectivity index (χ3n) is 7.60. The van der Waals surface area contributed by atoms with Crippen LogP contribution in [-0.4, -0.2) is 63.8 Å². The second kappa shape index (κ2) is 12.0. The molecule has 0 aliphatic carbocycles. The van der Waals surface area contributed by atoms with Crippen molar-refractivity contribution < 1.29 is 13.9 Å². The molecule has 1 unspecified atom stereocenters. The molecule has 3 heterocycles. The van der Waals surface area contributed by atoms with E-state index in [1.165, 1.54) is 12.1 Å². The van der Waals surface area contributed by atoms with Gasteiger partial charge in [0.2, 0.25) is 5.91 Å². The summed E-state index contributed by atoms with van der Waals surface area (Å²) < 4.78 is 20.7. The summed E-state index contributed by atoms with van der Waals surface area (Å²) in [5.41, 5.74) is 3.27. The van der Waals surface area contributed by atoms with Gasteiger partial charge in [-0.2, -0.15) is 5.10 Å². The highest BCUT2D eigenvalue weighted by Crippen LogP contribution is 2.32. The number of carbonyl (C=O) groups excluding carboxylic acids is 1. The van der Waals surface area contributed by atoms with E-state index in [9.17, 15) is 9.18 Å². The first-order chi connectivity index (χ1) is 19.4. The molecule has 1 atom stereocenters. The molecule has 5 rings (SSSR count). The van der Waals surface area contributed by atoms with Crippen LogP contribution >= 0.6 is 0 Å². The Morgan fingerprint density at radius 2 is 1.77 bits per heavy atom. The number of amides is 1. The van der Waals surface area contributed by atoms with Crippen molar-refractivity contribution in [1.82, 2.24) is 24.6 Å². The molecule has 0 N–H and O–H groups in total. The Morgan fingerprint density at radius 1 is 1.02 bits per heavy atom. The van der Waals surface area contributed by atoms with Crippen LogP contribution in [0.4, 0.5) is 10.2 Å². The summed E-state index contributed by atoms with van der Waals surface area (Å²) in [6.07, 6.45) is 3.21. The molecular weight excluding hydrogens is 507 g/mol. The average Bonchev–Trinajstić information content (AvgIpc) is 3.12. The van der Waals surface area contributed by atoms with Gasteiger partial charge < -0.3 is 14.5 Å². The zero-order valence-electron chi connectivity index (χ0n) is 23.7. The highest BCUT2D eigenvalue weighted by atomic mass is 19.1. The van der Waals surface area contributed by atoms with Gasteiger partial charge in [-0.25, -0.2) is 19.0 Å². The summed E-state index contributed by atoms with van der Waals surface area (Å²) in [7, 11) is 1.64. The van der Waals surface area contributed by atoms with Gasteiger partial charge in [0.05, 0.1) is 30.3 Å². The summed E-state index contributed by atoms with van der Waals surface area (Å²) >= 11 is 0. The number of methoxy groups -OCH3 is 1. The Morgan fingerprint density at radius 3 is 2.48 bits per heavy atom. The number of benzene rings is 2. The lowest BCUT2D eigenvalue weighted by atomic mass is 10.1. The van der Waals surface area contributed by atoms with Gasteiger partial charge in [-0.15, -0.1) is 0 Å². The Hall–Kier alpha value is -4.01. The van der Waals surface area contributed by atoms with Crippen molar-refractivity contribution in [2.45, 2.75) is 52.4 Å². The number of aryl methyl sites for hydroxylation is 1. The van der Waals surface area contributed by atoms with E-state index >= 15 is 0 Å². The fraction of sp³-hybridized carbons (Fsp3) is 0.419. The molecule has 8 nitrogen and oxygen atoms in total. The lowest BCUT2D eigenvalue weighted by molar-refractivity contribution is -0.130. The summed E-state index contributed by atoms with van der Waals surface area (Å²) in [5.74, 6) is 2.43. The fourth-order valence-electron chi connectivity index (χ4n) is 5.36. The summed E-state index contributed by atoms with van der Waals surface area (Å²) in [5, 5.41) is 5.71. The number of aromatic nitrogens is 4. The van der Waals surface area contributed by atoms with Crippen molar-refractivity contribution in [3.05, 3.63) is 71.4 Å². The molecule has 4 aromatic rings. The second-order valence-electron chi connectivity index (χ2n) is 10.5. The van der Waals surface area contributed by atoms with Crippen molar-refractivity contribution in [3.8, 4) is 11.4 Å². The molecule has 0 radical (unpaired) electrons. The minimum Gasteiger partial charge on any atom is -0.497 e. The topological polar surface area (TPSA) is 76.4 Å². The van der Waals surface area contributed by atoms with Crippen molar-refractivity contribution >= 4 is 22.8 Å². The maximum Gasteiger partial charge on any atom is 0.227 e. The second-order valence-corrected chi connectivity index (χ2v) is 10.5. The van der Waals surface area contributed by atoms with Crippen LogP contribution in [0.1, 0.15) is 56.1 Å². The fourth-order valence-corrected chi connectivity index (χ4v) is 5.36. The number of anilines is 1. The van der Waals surface area contributed by atoms with Crippen LogP contribution in [0, 0.1) is 12.7 Å². The summed E-state index contributed by atoms with van der Waals surface area (Å²) in [6.45, 7) is 9.05. The van der Waals surface area contributed by atoms with Crippen LogP contribution in [-0.2, 0) is 11.2 Å². The largest absolute Gasteiger partial charge is 0.497 e. The normalized spacial score (nSPS) is 14.8. The smallest absolute Gasteiger partial charge is 0.227 e. The molecule has 1 fully saturated rings. The molecule has 1 saturated heterocycles. The van der Waals surface area contributed by atoms with Gasteiger partial charge >= 0.3 is 0 Å². The van der Waals surface area contributed by atoms with Gasteiger partial charge in [-0.1, -0.05) is 32.4 Å². The molecule has 0 bridgehead atoms. The predicted octanol–water partition coefficient (Wildman–Crippen LogP) is 5.46. The van der Waals surface area contributed by atoms with E-state index in [1.807, 2.05) is 36.1 Å². The van der Waals surface area contributed by atoms with Gasteiger partial charge in [0.25, 0.3) is 0 Å². The maximum absolute atomic E-state index is 13.7. The first kappa shape index (κ1) is 27.6. The van der Waals surface area contributed by atoms with Gasteiger partial charge in [0.1, 0.15) is 23.2 Å². The Balaban J connectivity index is 1.44. The Labute approximate surface area is 234 Å². The minimum absolute atomic E-state index is 0.123. The number of fused-ring (bicyclic) bond motifs is 1. The summed E-state index contributed by atoms with van der Waals surface area (Å²) in [4.78, 5) is 27.5. The van der Waals surface area contributed by atoms with E-state index in [-0.39, 0.29) is 17.6 Å².